The maximum absolute atomic E-state index is 13.5. The summed E-state index contributed by atoms with van der Waals surface area (Å²) in [6.07, 6.45) is 0. The second kappa shape index (κ2) is 12.0. The number of amides is 1. The number of carbonyl (C=O) groups excluding carboxylic acids is 1. The van der Waals surface area contributed by atoms with Crippen molar-refractivity contribution in [2.24, 2.45) is 0 Å². The van der Waals surface area contributed by atoms with E-state index in [4.69, 9.17) is 39.5 Å². The highest BCUT2D eigenvalue weighted by atomic mass is 35.5. The number of anilines is 1. The van der Waals surface area contributed by atoms with Crippen LogP contribution in [0.3, 0.4) is 0 Å². The van der Waals surface area contributed by atoms with Crippen molar-refractivity contribution < 1.29 is 17.9 Å². The molecule has 0 radical (unpaired) electrons. The van der Waals surface area contributed by atoms with E-state index in [1.165, 1.54) is 30.3 Å². The number of nitrogens with one attached hydrogen (secondary N) is 1. The molecule has 10 heteroatoms. The molecule has 0 fully saturated rings. The first kappa shape index (κ1) is 27.0. The summed E-state index contributed by atoms with van der Waals surface area (Å²) >= 11 is 18.1. The third-order valence-electron chi connectivity index (χ3n) is 5.23. The topological polar surface area (TPSA) is 75.7 Å². The first-order valence-electron chi connectivity index (χ1n) is 11.0. The molecule has 37 heavy (non-hydrogen) atoms. The summed E-state index contributed by atoms with van der Waals surface area (Å²) in [5, 5.41) is 4.02. The van der Waals surface area contributed by atoms with Crippen LogP contribution in [-0.2, 0) is 21.4 Å². The third kappa shape index (κ3) is 7.25. The summed E-state index contributed by atoms with van der Waals surface area (Å²) in [5.74, 6) is 0.343. The normalized spacial score (nSPS) is 11.4. The molecule has 0 aromatic heterocycles. The van der Waals surface area contributed by atoms with E-state index >= 15 is 0 Å². The molecule has 0 atom stereocenters. The highest BCUT2D eigenvalue weighted by molar-refractivity contribution is 7.89. The van der Waals surface area contributed by atoms with Crippen LogP contribution in [-0.4, -0.2) is 25.2 Å². The molecule has 1 amide bonds. The van der Waals surface area contributed by atoms with E-state index in [0.29, 0.717) is 37.8 Å². The molecule has 0 aliphatic heterocycles. The van der Waals surface area contributed by atoms with Crippen molar-refractivity contribution in [3.05, 3.63) is 118 Å². The van der Waals surface area contributed by atoms with Crippen LogP contribution in [0.4, 0.5) is 5.69 Å². The zero-order valence-electron chi connectivity index (χ0n) is 19.3. The molecule has 6 nitrogen and oxygen atoms in total. The van der Waals surface area contributed by atoms with Gasteiger partial charge >= 0.3 is 0 Å². The molecule has 0 aliphatic rings. The zero-order valence-corrected chi connectivity index (χ0v) is 22.4. The van der Waals surface area contributed by atoms with E-state index in [-0.39, 0.29) is 11.4 Å². The largest absolute Gasteiger partial charge is 0.455 e. The number of halogens is 3. The van der Waals surface area contributed by atoms with Gasteiger partial charge in [0.25, 0.3) is 0 Å². The lowest BCUT2D eigenvalue weighted by Gasteiger charge is -2.22. The summed E-state index contributed by atoms with van der Waals surface area (Å²) in [6, 6.07) is 26.3. The minimum atomic E-state index is -4.06. The Balaban J connectivity index is 1.60. The molecule has 0 saturated heterocycles. The van der Waals surface area contributed by atoms with Gasteiger partial charge in [0, 0.05) is 21.6 Å². The van der Waals surface area contributed by atoms with Crippen molar-refractivity contribution in [3.8, 4) is 11.5 Å². The van der Waals surface area contributed by atoms with Crippen molar-refractivity contribution in [2.45, 2.75) is 11.4 Å². The Morgan fingerprint density at radius 3 is 2.03 bits per heavy atom. The SMILES string of the molecule is O=C(CN(Cc1ccc(Cl)cc1)S(=O)(=O)c1ccc(Cl)cc1)Nc1cc(Cl)ccc1Oc1ccccc1. The zero-order chi connectivity index (χ0) is 26.4. The van der Waals surface area contributed by atoms with Gasteiger partial charge in [-0.2, -0.15) is 4.31 Å². The third-order valence-corrected chi connectivity index (χ3v) is 7.78. The molecule has 0 aliphatic carbocycles. The van der Waals surface area contributed by atoms with Gasteiger partial charge in [-0.15, -0.1) is 0 Å². The van der Waals surface area contributed by atoms with Crippen molar-refractivity contribution in [1.82, 2.24) is 4.31 Å². The van der Waals surface area contributed by atoms with Crippen molar-refractivity contribution in [3.63, 3.8) is 0 Å². The predicted molar refractivity (Wildman–Crippen MR) is 147 cm³/mol. The van der Waals surface area contributed by atoms with E-state index in [1.54, 1.807) is 48.5 Å². The summed E-state index contributed by atoms with van der Waals surface area (Å²) < 4.78 is 34.0. The number of benzene rings is 4. The number of carbonyl (C=O) groups is 1. The van der Waals surface area contributed by atoms with Gasteiger partial charge in [-0.1, -0.05) is 65.1 Å². The second-order valence-corrected chi connectivity index (χ2v) is 11.2. The minimum Gasteiger partial charge on any atom is -0.455 e. The first-order valence-corrected chi connectivity index (χ1v) is 13.6. The monoisotopic (exact) mass is 574 g/mol. The predicted octanol–water partition coefficient (Wildman–Crippen LogP) is 7.27. The molecule has 1 N–H and O–H groups in total. The summed E-state index contributed by atoms with van der Waals surface area (Å²) in [7, 11) is -4.06. The number of sulfonamides is 1. The van der Waals surface area contributed by atoms with Crippen LogP contribution in [0.1, 0.15) is 5.56 Å². The standard InChI is InChI=1S/C27H21Cl3N2O4S/c28-20-8-6-19(7-9-20)17-32(37(34,35)24-13-10-21(29)11-14-24)18-27(33)31-25-16-22(30)12-15-26(25)36-23-4-2-1-3-5-23/h1-16H,17-18H2,(H,31,33). The summed E-state index contributed by atoms with van der Waals surface area (Å²) in [4.78, 5) is 13.2. The Bertz CT molecular complexity index is 1480. The van der Waals surface area contributed by atoms with Crippen LogP contribution in [0.25, 0.3) is 0 Å². The van der Waals surface area contributed by atoms with E-state index in [9.17, 15) is 13.2 Å². The molecule has 4 rings (SSSR count). The van der Waals surface area contributed by atoms with E-state index in [2.05, 4.69) is 5.32 Å². The van der Waals surface area contributed by atoms with Gasteiger partial charge in [-0.3, -0.25) is 4.79 Å². The molecule has 4 aromatic rings. The molecular weight excluding hydrogens is 555 g/mol. The fourth-order valence-electron chi connectivity index (χ4n) is 3.43. The first-order chi connectivity index (χ1) is 17.7. The van der Waals surface area contributed by atoms with Gasteiger partial charge in [0.2, 0.25) is 15.9 Å². The Morgan fingerprint density at radius 2 is 1.38 bits per heavy atom. The number of hydrogen-bond acceptors (Lipinski definition) is 4. The van der Waals surface area contributed by atoms with E-state index in [1.807, 2.05) is 18.2 Å². The maximum atomic E-state index is 13.5. The summed E-state index contributed by atoms with van der Waals surface area (Å²) in [6.45, 7) is -0.524. The van der Waals surface area contributed by atoms with Gasteiger partial charge in [0.1, 0.15) is 5.75 Å². The molecule has 0 bridgehead atoms. The van der Waals surface area contributed by atoms with Crippen LogP contribution < -0.4 is 10.1 Å². The fraction of sp³-hybridized carbons (Fsp3) is 0.0741. The lowest BCUT2D eigenvalue weighted by molar-refractivity contribution is -0.116. The lowest BCUT2D eigenvalue weighted by atomic mass is 10.2. The lowest BCUT2D eigenvalue weighted by Crippen LogP contribution is -2.37. The van der Waals surface area contributed by atoms with Crippen LogP contribution in [0.5, 0.6) is 11.5 Å². The van der Waals surface area contributed by atoms with Crippen molar-refractivity contribution in [1.29, 1.82) is 0 Å². The van der Waals surface area contributed by atoms with Crippen LogP contribution >= 0.6 is 34.8 Å². The maximum Gasteiger partial charge on any atom is 0.243 e. The quantitative estimate of drug-likeness (QED) is 0.228. The Hall–Kier alpha value is -3.07. The molecule has 0 saturated carbocycles. The number of rotatable bonds is 9. The number of hydrogen-bond donors (Lipinski definition) is 1. The molecule has 190 valence electrons. The Kier molecular flexibility index (Phi) is 8.74. The average molecular weight is 576 g/mol. The van der Waals surface area contributed by atoms with Gasteiger partial charge in [-0.05, 0) is 72.3 Å². The van der Waals surface area contributed by atoms with Gasteiger partial charge in [0.05, 0.1) is 17.1 Å². The molecule has 0 unspecified atom stereocenters. The highest BCUT2D eigenvalue weighted by Crippen LogP contribution is 2.32. The van der Waals surface area contributed by atoms with Crippen LogP contribution in [0, 0.1) is 0 Å². The van der Waals surface area contributed by atoms with E-state index in [0.717, 1.165) is 4.31 Å². The number of para-hydroxylation sites is 1. The van der Waals surface area contributed by atoms with Crippen molar-refractivity contribution >= 4 is 56.4 Å². The molecule has 0 heterocycles. The number of nitrogens with zero attached hydrogens (tertiary/aromatic N) is 1. The van der Waals surface area contributed by atoms with Gasteiger partial charge in [0.15, 0.2) is 5.75 Å². The van der Waals surface area contributed by atoms with Crippen LogP contribution in [0.15, 0.2) is 102 Å². The minimum absolute atomic E-state index is 0.00881. The number of ether oxygens (including phenoxy) is 1. The molecule has 0 spiro atoms. The van der Waals surface area contributed by atoms with Gasteiger partial charge < -0.3 is 10.1 Å². The Labute approximate surface area is 230 Å². The summed E-state index contributed by atoms with van der Waals surface area (Å²) in [5.41, 5.74) is 0.960. The van der Waals surface area contributed by atoms with Crippen LogP contribution in [0.2, 0.25) is 15.1 Å². The Morgan fingerprint density at radius 1 is 0.784 bits per heavy atom. The van der Waals surface area contributed by atoms with Gasteiger partial charge in [-0.25, -0.2) is 8.42 Å². The molecular formula is C27H21Cl3N2O4S. The molecule has 4 aromatic carbocycles. The smallest absolute Gasteiger partial charge is 0.243 e. The average Bonchev–Trinajstić information content (AvgIpc) is 2.87. The van der Waals surface area contributed by atoms with E-state index < -0.39 is 22.5 Å². The fourth-order valence-corrected chi connectivity index (χ4v) is 5.24. The van der Waals surface area contributed by atoms with Crippen molar-refractivity contribution in [2.75, 3.05) is 11.9 Å². The highest BCUT2D eigenvalue weighted by Gasteiger charge is 2.27. The second-order valence-electron chi connectivity index (χ2n) is 7.96.